The quantitative estimate of drug-likeness (QED) is 0.560. The Balaban J connectivity index is 1.25. The molecule has 3 aliphatic rings. The fourth-order valence-electron chi connectivity index (χ4n) is 4.68. The number of anilines is 1. The number of hydrogen-bond acceptors (Lipinski definition) is 6. The number of nitrogens with zero attached hydrogens (tertiary/aromatic N) is 4. The van der Waals surface area contributed by atoms with Crippen LogP contribution < -0.4 is 4.90 Å². The van der Waals surface area contributed by atoms with Crippen LogP contribution in [-0.2, 0) is 20.9 Å². The summed E-state index contributed by atoms with van der Waals surface area (Å²) < 4.78 is 34.8. The third kappa shape index (κ3) is 6.41. The molecule has 4 rings (SSSR count). The van der Waals surface area contributed by atoms with Crippen molar-refractivity contribution in [2.24, 2.45) is 5.16 Å². The van der Waals surface area contributed by atoms with Crippen molar-refractivity contribution in [3.8, 4) is 0 Å². The molecule has 0 bridgehead atoms. The Bertz CT molecular complexity index is 953. The second kappa shape index (κ2) is 11.2. The van der Waals surface area contributed by atoms with Gasteiger partial charge in [-0.1, -0.05) is 5.16 Å². The topological polar surface area (TPSA) is 74.7 Å². The molecule has 0 unspecified atom stereocenters. The molecule has 0 spiro atoms. The van der Waals surface area contributed by atoms with E-state index in [1.54, 1.807) is 9.80 Å². The van der Waals surface area contributed by atoms with Crippen molar-refractivity contribution in [3.63, 3.8) is 0 Å². The summed E-state index contributed by atoms with van der Waals surface area (Å²) in [7, 11) is 0. The highest BCUT2D eigenvalue weighted by molar-refractivity contribution is 5.86. The van der Waals surface area contributed by atoms with Gasteiger partial charge in [-0.3, -0.25) is 4.79 Å². The Morgan fingerprint density at radius 2 is 1.77 bits per heavy atom. The van der Waals surface area contributed by atoms with E-state index in [1.165, 1.54) is 12.1 Å². The summed E-state index contributed by atoms with van der Waals surface area (Å²) in [6.45, 7) is 6.52. The molecule has 0 atom stereocenters. The van der Waals surface area contributed by atoms with Gasteiger partial charge in [0, 0.05) is 83.0 Å². The lowest BCUT2D eigenvalue weighted by Crippen LogP contribution is -2.41. The molecule has 192 valence electrons. The monoisotopic (exact) mass is 492 g/mol. The molecule has 8 nitrogen and oxygen atoms in total. The first-order valence-corrected chi connectivity index (χ1v) is 12.5. The molecular formula is C25H34F2N4O4. The van der Waals surface area contributed by atoms with E-state index in [0.29, 0.717) is 64.8 Å². The number of carbonyl (C=O) groups is 2. The molecule has 10 heteroatoms. The maximum Gasteiger partial charge on any atom is 0.410 e. The number of carbonyl (C=O) groups excluding carboxylic acids is 2. The Morgan fingerprint density at radius 3 is 2.40 bits per heavy atom. The average molecular weight is 493 g/mol. The second-order valence-electron chi connectivity index (χ2n) is 9.68. The minimum atomic E-state index is -0.493. The number of hydrogen-bond donors (Lipinski definition) is 0. The van der Waals surface area contributed by atoms with Crippen molar-refractivity contribution in [2.75, 3.05) is 37.6 Å². The highest BCUT2D eigenvalue weighted by atomic mass is 19.1. The number of benzene rings is 1. The van der Waals surface area contributed by atoms with Gasteiger partial charge in [0.2, 0.25) is 5.91 Å². The Hall–Kier alpha value is -2.91. The van der Waals surface area contributed by atoms with Gasteiger partial charge in [0.05, 0.1) is 17.5 Å². The van der Waals surface area contributed by atoms with Crippen LogP contribution in [0.1, 0.15) is 57.9 Å². The molecule has 3 fully saturated rings. The molecule has 2 amide bonds. The number of likely N-dealkylation sites (tertiary alicyclic amines) is 2. The second-order valence-corrected chi connectivity index (χ2v) is 9.68. The summed E-state index contributed by atoms with van der Waals surface area (Å²) in [6.07, 6.45) is 3.33. The highest BCUT2D eigenvalue weighted by Crippen LogP contribution is 2.27. The fraction of sp³-hybridized carbons (Fsp3) is 0.640. The normalized spacial score (nSPS) is 19.5. The maximum absolute atomic E-state index is 14.8. The molecule has 0 aromatic heterocycles. The largest absolute Gasteiger partial charge is 0.447 e. The lowest BCUT2D eigenvalue weighted by Gasteiger charge is -2.32. The van der Waals surface area contributed by atoms with Crippen LogP contribution in [0, 0.1) is 11.6 Å². The van der Waals surface area contributed by atoms with Gasteiger partial charge in [0.1, 0.15) is 17.7 Å². The molecule has 0 saturated carbocycles. The van der Waals surface area contributed by atoms with E-state index in [0.717, 1.165) is 12.1 Å². The lowest BCUT2D eigenvalue weighted by molar-refractivity contribution is -0.128. The zero-order chi connectivity index (χ0) is 24.9. The van der Waals surface area contributed by atoms with Gasteiger partial charge >= 0.3 is 6.09 Å². The van der Waals surface area contributed by atoms with Gasteiger partial charge < -0.3 is 24.3 Å². The number of amides is 2. The van der Waals surface area contributed by atoms with Gasteiger partial charge in [0.25, 0.3) is 0 Å². The summed E-state index contributed by atoms with van der Waals surface area (Å²) in [6, 6.07) is 2.45. The molecular weight excluding hydrogens is 458 g/mol. The maximum atomic E-state index is 14.8. The van der Waals surface area contributed by atoms with Crippen LogP contribution in [0.3, 0.4) is 0 Å². The molecule has 1 aromatic rings. The van der Waals surface area contributed by atoms with E-state index in [1.807, 2.05) is 18.7 Å². The van der Waals surface area contributed by atoms with E-state index < -0.39 is 11.6 Å². The van der Waals surface area contributed by atoms with Crippen molar-refractivity contribution in [2.45, 2.75) is 71.1 Å². The molecule has 3 aliphatic heterocycles. The van der Waals surface area contributed by atoms with E-state index in [-0.39, 0.29) is 42.0 Å². The van der Waals surface area contributed by atoms with Crippen molar-refractivity contribution in [1.29, 1.82) is 0 Å². The first kappa shape index (κ1) is 25.2. The minimum Gasteiger partial charge on any atom is -0.447 e. The number of rotatable bonds is 6. The molecule has 0 N–H and O–H groups in total. The van der Waals surface area contributed by atoms with Gasteiger partial charge in [0.15, 0.2) is 0 Å². The minimum absolute atomic E-state index is 0.0156. The van der Waals surface area contributed by atoms with Crippen molar-refractivity contribution in [3.05, 3.63) is 29.3 Å². The Morgan fingerprint density at radius 1 is 1.06 bits per heavy atom. The van der Waals surface area contributed by atoms with E-state index >= 15 is 0 Å². The van der Waals surface area contributed by atoms with Crippen LogP contribution in [0.2, 0.25) is 0 Å². The zero-order valence-corrected chi connectivity index (χ0v) is 20.5. The van der Waals surface area contributed by atoms with E-state index in [9.17, 15) is 18.4 Å². The zero-order valence-electron chi connectivity index (χ0n) is 20.5. The predicted molar refractivity (Wildman–Crippen MR) is 127 cm³/mol. The smallest absolute Gasteiger partial charge is 0.410 e. The van der Waals surface area contributed by atoms with Crippen LogP contribution in [0.15, 0.2) is 17.3 Å². The standard InChI is InChI=1S/C25H34F2N4O4/c1-17(2)34-25(33)30-12-7-20(8-13-30)35-28-19-5-10-29(11-6-19)23-15-21(26)18(14-22(23)27)16-31-9-3-4-24(31)32/h14-15,17,20H,3-13,16H2,1-2H3. The van der Waals surface area contributed by atoms with Crippen LogP contribution in [0.4, 0.5) is 19.3 Å². The summed E-state index contributed by atoms with van der Waals surface area (Å²) in [4.78, 5) is 34.6. The van der Waals surface area contributed by atoms with Crippen molar-refractivity contribution < 1.29 is 27.9 Å². The summed E-state index contributed by atoms with van der Waals surface area (Å²) >= 11 is 0. The van der Waals surface area contributed by atoms with E-state index in [4.69, 9.17) is 9.57 Å². The first-order chi connectivity index (χ1) is 16.8. The molecule has 0 radical (unpaired) electrons. The van der Waals surface area contributed by atoms with Crippen LogP contribution in [0.25, 0.3) is 0 Å². The SMILES string of the molecule is CC(C)OC(=O)N1CCC(ON=C2CCN(c3cc(F)c(CN4CCCC4=O)cc3F)CC2)CC1. The summed E-state index contributed by atoms with van der Waals surface area (Å²) in [5.74, 6) is -0.988. The molecule has 3 saturated heterocycles. The van der Waals surface area contributed by atoms with Crippen LogP contribution in [0.5, 0.6) is 0 Å². The molecule has 1 aromatic carbocycles. The predicted octanol–water partition coefficient (Wildman–Crippen LogP) is 4.07. The Labute approximate surface area is 204 Å². The number of ether oxygens (including phenoxy) is 1. The van der Waals surface area contributed by atoms with Gasteiger partial charge in [-0.15, -0.1) is 0 Å². The lowest BCUT2D eigenvalue weighted by atomic mass is 10.1. The molecule has 3 heterocycles. The van der Waals surface area contributed by atoms with Gasteiger partial charge in [-0.05, 0) is 26.3 Å². The van der Waals surface area contributed by atoms with Crippen LogP contribution >= 0.6 is 0 Å². The average Bonchev–Trinajstić information content (AvgIpc) is 3.24. The first-order valence-electron chi connectivity index (χ1n) is 12.5. The third-order valence-corrected chi connectivity index (χ3v) is 6.70. The fourth-order valence-corrected chi connectivity index (χ4v) is 4.68. The third-order valence-electron chi connectivity index (χ3n) is 6.70. The number of piperidine rings is 2. The highest BCUT2D eigenvalue weighted by Gasteiger charge is 2.27. The number of oxime groups is 1. The summed E-state index contributed by atoms with van der Waals surface area (Å²) in [5, 5.41) is 4.32. The molecule has 0 aliphatic carbocycles. The van der Waals surface area contributed by atoms with E-state index in [2.05, 4.69) is 5.16 Å². The Kier molecular flexibility index (Phi) is 8.07. The summed E-state index contributed by atoms with van der Waals surface area (Å²) in [5.41, 5.74) is 1.34. The van der Waals surface area contributed by atoms with Gasteiger partial charge in [-0.2, -0.15) is 0 Å². The molecule has 35 heavy (non-hydrogen) atoms. The number of halogens is 2. The van der Waals surface area contributed by atoms with Crippen molar-refractivity contribution in [1.82, 2.24) is 9.80 Å². The van der Waals surface area contributed by atoms with Gasteiger partial charge in [-0.25, -0.2) is 13.6 Å². The van der Waals surface area contributed by atoms with Crippen molar-refractivity contribution >= 4 is 23.4 Å². The van der Waals surface area contributed by atoms with Crippen LogP contribution in [-0.4, -0.2) is 72.4 Å².